The maximum atomic E-state index is 10.5. The predicted octanol–water partition coefficient (Wildman–Crippen LogP) is 0.605. The Morgan fingerprint density at radius 1 is 1.54 bits per heavy atom. The summed E-state index contributed by atoms with van der Waals surface area (Å²) in [6.07, 6.45) is 1.58. The summed E-state index contributed by atoms with van der Waals surface area (Å²) < 4.78 is 0. The third-order valence-corrected chi connectivity index (χ3v) is 2.39. The highest BCUT2D eigenvalue weighted by atomic mass is 16.3. The van der Waals surface area contributed by atoms with Gasteiger partial charge in [-0.1, -0.05) is 12.1 Å². The molecular formula is C10H11NO2. The van der Waals surface area contributed by atoms with Crippen molar-refractivity contribution in [3.63, 3.8) is 0 Å². The fourth-order valence-corrected chi connectivity index (χ4v) is 1.65. The second-order valence-corrected chi connectivity index (χ2v) is 3.24. The number of carbonyl (C=O) groups excluding carboxylic acids is 1. The summed E-state index contributed by atoms with van der Waals surface area (Å²) in [5, 5.41) is 12.5. The molecule has 0 aromatic heterocycles. The minimum absolute atomic E-state index is 0.103. The Hall–Kier alpha value is -1.35. The molecule has 3 heteroatoms. The van der Waals surface area contributed by atoms with Crippen molar-refractivity contribution >= 4 is 6.29 Å². The minimum Gasteiger partial charge on any atom is -0.508 e. The topological polar surface area (TPSA) is 49.3 Å². The summed E-state index contributed by atoms with van der Waals surface area (Å²) in [7, 11) is 0. The molecule has 0 spiro atoms. The fraction of sp³-hybridized carbons (Fsp3) is 0.300. The van der Waals surface area contributed by atoms with Gasteiger partial charge in [-0.05, 0) is 18.1 Å². The molecule has 1 heterocycles. The van der Waals surface area contributed by atoms with E-state index in [2.05, 4.69) is 5.32 Å². The number of nitrogens with one attached hydrogen (secondary N) is 1. The van der Waals surface area contributed by atoms with Gasteiger partial charge in [-0.15, -0.1) is 0 Å². The van der Waals surface area contributed by atoms with Crippen LogP contribution in [0.1, 0.15) is 11.1 Å². The van der Waals surface area contributed by atoms with E-state index in [4.69, 9.17) is 0 Å². The number of hydrogen-bond acceptors (Lipinski definition) is 3. The lowest BCUT2D eigenvalue weighted by molar-refractivity contribution is -0.109. The first-order chi connectivity index (χ1) is 6.31. The van der Waals surface area contributed by atoms with E-state index in [9.17, 15) is 9.90 Å². The Balaban J connectivity index is 2.36. The number of carbonyl (C=O) groups is 1. The molecule has 3 nitrogen and oxygen atoms in total. The molecule has 0 amide bonds. The molecule has 2 N–H and O–H groups in total. The number of phenolic OH excluding ortho intramolecular Hbond substituents is 1. The molecule has 0 saturated carbocycles. The van der Waals surface area contributed by atoms with Crippen LogP contribution in [-0.4, -0.2) is 17.4 Å². The van der Waals surface area contributed by atoms with Gasteiger partial charge >= 0.3 is 0 Å². The number of hydrogen-bond donors (Lipinski definition) is 2. The molecule has 13 heavy (non-hydrogen) atoms. The molecule has 1 aliphatic rings. The average molecular weight is 177 g/mol. The zero-order valence-corrected chi connectivity index (χ0v) is 7.16. The van der Waals surface area contributed by atoms with Gasteiger partial charge in [0.15, 0.2) is 0 Å². The lowest BCUT2D eigenvalue weighted by atomic mass is 9.96. The largest absolute Gasteiger partial charge is 0.508 e. The molecular weight excluding hydrogens is 166 g/mol. The first-order valence-electron chi connectivity index (χ1n) is 4.29. The maximum absolute atomic E-state index is 10.5. The minimum atomic E-state index is -0.103. The van der Waals surface area contributed by atoms with Crippen LogP contribution in [0.4, 0.5) is 0 Å². The van der Waals surface area contributed by atoms with Crippen LogP contribution in [0.2, 0.25) is 0 Å². The molecule has 0 radical (unpaired) electrons. The highest BCUT2D eigenvalue weighted by Gasteiger charge is 2.18. The van der Waals surface area contributed by atoms with Crippen molar-refractivity contribution in [3.8, 4) is 5.75 Å². The summed E-state index contributed by atoms with van der Waals surface area (Å²) in [4.78, 5) is 10.5. The summed E-state index contributed by atoms with van der Waals surface area (Å²) in [5.74, 6) is 0.314. The van der Waals surface area contributed by atoms with Gasteiger partial charge in [0, 0.05) is 12.1 Å². The average Bonchev–Trinajstić information content (AvgIpc) is 2.18. The van der Waals surface area contributed by atoms with Gasteiger partial charge in [-0.2, -0.15) is 0 Å². The lowest BCUT2D eigenvalue weighted by Crippen LogP contribution is -2.36. The van der Waals surface area contributed by atoms with Crippen LogP contribution in [0.25, 0.3) is 0 Å². The van der Waals surface area contributed by atoms with Gasteiger partial charge in [0.05, 0.1) is 6.04 Å². The predicted molar refractivity (Wildman–Crippen MR) is 48.5 cm³/mol. The van der Waals surface area contributed by atoms with Crippen molar-refractivity contribution < 1.29 is 9.90 Å². The Kier molecular flexibility index (Phi) is 2.02. The van der Waals surface area contributed by atoms with Crippen molar-refractivity contribution in [2.45, 2.75) is 19.0 Å². The van der Waals surface area contributed by atoms with Crippen LogP contribution < -0.4 is 5.32 Å². The quantitative estimate of drug-likeness (QED) is 0.618. The van der Waals surface area contributed by atoms with Gasteiger partial charge < -0.3 is 15.2 Å². The fourth-order valence-electron chi connectivity index (χ4n) is 1.65. The van der Waals surface area contributed by atoms with E-state index in [0.717, 1.165) is 17.4 Å². The van der Waals surface area contributed by atoms with Crippen molar-refractivity contribution in [3.05, 3.63) is 29.3 Å². The monoisotopic (exact) mass is 177 g/mol. The van der Waals surface area contributed by atoms with Gasteiger partial charge in [-0.25, -0.2) is 0 Å². The van der Waals surface area contributed by atoms with Crippen molar-refractivity contribution in [1.82, 2.24) is 5.32 Å². The Bertz CT molecular complexity index is 336. The maximum Gasteiger partial charge on any atom is 0.137 e. The van der Waals surface area contributed by atoms with Gasteiger partial charge in [0.1, 0.15) is 12.0 Å². The van der Waals surface area contributed by atoms with E-state index in [-0.39, 0.29) is 6.04 Å². The van der Waals surface area contributed by atoms with Crippen molar-refractivity contribution in [1.29, 1.82) is 0 Å². The van der Waals surface area contributed by atoms with E-state index < -0.39 is 0 Å². The zero-order valence-electron chi connectivity index (χ0n) is 7.16. The second-order valence-electron chi connectivity index (χ2n) is 3.24. The molecule has 1 unspecified atom stereocenters. The Labute approximate surface area is 76.4 Å². The number of rotatable bonds is 1. The second kappa shape index (κ2) is 3.18. The van der Waals surface area contributed by atoms with Gasteiger partial charge in [0.2, 0.25) is 0 Å². The van der Waals surface area contributed by atoms with E-state index in [1.807, 2.05) is 6.07 Å². The molecule has 2 rings (SSSR count). The molecule has 1 aromatic rings. The van der Waals surface area contributed by atoms with Crippen LogP contribution in [0.3, 0.4) is 0 Å². The van der Waals surface area contributed by atoms with Gasteiger partial charge in [0.25, 0.3) is 0 Å². The number of aldehydes is 1. The highest BCUT2D eigenvalue weighted by Crippen LogP contribution is 2.24. The summed E-state index contributed by atoms with van der Waals surface area (Å²) >= 11 is 0. The molecule has 1 aromatic carbocycles. The molecule has 0 fully saturated rings. The van der Waals surface area contributed by atoms with Crippen LogP contribution in [0, 0.1) is 0 Å². The van der Waals surface area contributed by atoms with Crippen molar-refractivity contribution in [2.75, 3.05) is 0 Å². The third-order valence-electron chi connectivity index (χ3n) is 2.39. The highest BCUT2D eigenvalue weighted by molar-refractivity contribution is 5.60. The number of benzene rings is 1. The van der Waals surface area contributed by atoms with E-state index in [0.29, 0.717) is 18.7 Å². The summed E-state index contributed by atoms with van der Waals surface area (Å²) in [6, 6.07) is 5.32. The molecule has 68 valence electrons. The molecule has 1 atom stereocenters. The molecule has 0 aliphatic carbocycles. The lowest BCUT2D eigenvalue weighted by Gasteiger charge is -2.22. The smallest absolute Gasteiger partial charge is 0.137 e. The Morgan fingerprint density at radius 2 is 2.38 bits per heavy atom. The summed E-state index contributed by atoms with van der Waals surface area (Å²) in [5.41, 5.74) is 1.98. The van der Waals surface area contributed by atoms with E-state index in [1.165, 1.54) is 0 Å². The van der Waals surface area contributed by atoms with Crippen LogP contribution in [0.15, 0.2) is 18.2 Å². The summed E-state index contributed by atoms with van der Waals surface area (Å²) in [6.45, 7) is 0.575. The first kappa shape index (κ1) is 8.26. The van der Waals surface area contributed by atoms with E-state index >= 15 is 0 Å². The number of phenols is 1. The standard InChI is InChI=1S/C10H11NO2/c12-6-8-4-7-2-1-3-10(13)9(7)5-11-8/h1-3,6,8,11,13H,4-5H2. The SMILES string of the molecule is O=CC1Cc2cccc(O)c2CN1. The molecule has 1 aliphatic heterocycles. The van der Waals surface area contributed by atoms with Crippen LogP contribution >= 0.6 is 0 Å². The molecule has 0 bridgehead atoms. The molecule has 0 saturated heterocycles. The number of fused-ring (bicyclic) bond motifs is 1. The third kappa shape index (κ3) is 1.42. The van der Waals surface area contributed by atoms with Crippen LogP contribution in [0.5, 0.6) is 5.75 Å². The van der Waals surface area contributed by atoms with Crippen LogP contribution in [-0.2, 0) is 17.8 Å². The normalized spacial score (nSPS) is 20.8. The zero-order chi connectivity index (χ0) is 9.26. The number of aromatic hydroxyl groups is 1. The first-order valence-corrected chi connectivity index (χ1v) is 4.29. The Morgan fingerprint density at radius 3 is 3.15 bits per heavy atom. The van der Waals surface area contributed by atoms with E-state index in [1.54, 1.807) is 12.1 Å². The van der Waals surface area contributed by atoms with Crippen molar-refractivity contribution in [2.24, 2.45) is 0 Å². The van der Waals surface area contributed by atoms with Gasteiger partial charge in [-0.3, -0.25) is 0 Å².